The zero-order valence-corrected chi connectivity index (χ0v) is 10.5. The number of pyridine rings is 1. The van der Waals surface area contributed by atoms with Crippen LogP contribution in [0.3, 0.4) is 0 Å². The van der Waals surface area contributed by atoms with Crippen molar-refractivity contribution in [1.82, 2.24) is 9.88 Å². The van der Waals surface area contributed by atoms with Gasteiger partial charge in [0.05, 0.1) is 18.9 Å². The van der Waals surface area contributed by atoms with Gasteiger partial charge < -0.3 is 14.7 Å². The van der Waals surface area contributed by atoms with Gasteiger partial charge >= 0.3 is 0 Å². The first kappa shape index (κ1) is 12.3. The van der Waals surface area contributed by atoms with Gasteiger partial charge in [-0.2, -0.15) is 0 Å². The molecule has 0 saturated carbocycles. The van der Waals surface area contributed by atoms with Crippen LogP contribution in [-0.2, 0) is 5.60 Å². The molecule has 1 atom stereocenters. The maximum Gasteiger partial charge on any atom is 0.137 e. The Balaban J connectivity index is 2.23. The van der Waals surface area contributed by atoms with Gasteiger partial charge in [0.1, 0.15) is 5.75 Å². The van der Waals surface area contributed by atoms with Gasteiger partial charge in [0.15, 0.2) is 0 Å². The molecule has 1 fully saturated rings. The van der Waals surface area contributed by atoms with Crippen LogP contribution in [0, 0.1) is 0 Å². The molecule has 0 aliphatic carbocycles. The topological polar surface area (TPSA) is 45.6 Å². The molecule has 0 aromatic carbocycles. The van der Waals surface area contributed by atoms with E-state index in [0.29, 0.717) is 5.75 Å². The molecule has 0 bridgehead atoms. The lowest BCUT2D eigenvalue weighted by Gasteiger charge is -2.27. The van der Waals surface area contributed by atoms with Crippen molar-refractivity contribution in [3.63, 3.8) is 0 Å². The van der Waals surface area contributed by atoms with Crippen molar-refractivity contribution in [3.8, 4) is 5.75 Å². The summed E-state index contributed by atoms with van der Waals surface area (Å²) in [6.45, 7) is 1.95. The van der Waals surface area contributed by atoms with E-state index >= 15 is 0 Å². The Kier molecular flexibility index (Phi) is 3.64. The summed E-state index contributed by atoms with van der Waals surface area (Å²) >= 11 is 0. The van der Waals surface area contributed by atoms with Gasteiger partial charge in [0.25, 0.3) is 0 Å². The highest BCUT2D eigenvalue weighted by Crippen LogP contribution is 2.33. The zero-order valence-electron chi connectivity index (χ0n) is 10.5. The van der Waals surface area contributed by atoms with Crippen molar-refractivity contribution in [2.45, 2.75) is 24.9 Å². The lowest BCUT2D eigenvalue weighted by atomic mass is 9.88. The minimum atomic E-state index is -0.758. The Bertz CT molecular complexity index is 383. The number of rotatable bonds is 2. The van der Waals surface area contributed by atoms with E-state index in [9.17, 15) is 5.11 Å². The lowest BCUT2D eigenvalue weighted by Crippen LogP contribution is -2.27. The first-order valence-corrected chi connectivity index (χ1v) is 6.04. The van der Waals surface area contributed by atoms with Crippen LogP contribution in [0.25, 0.3) is 0 Å². The van der Waals surface area contributed by atoms with E-state index in [4.69, 9.17) is 4.74 Å². The molecule has 94 valence electrons. The van der Waals surface area contributed by atoms with Gasteiger partial charge in [-0.25, -0.2) is 0 Å². The first-order valence-electron chi connectivity index (χ1n) is 6.04. The second-order valence-electron chi connectivity index (χ2n) is 4.80. The molecule has 0 radical (unpaired) electrons. The van der Waals surface area contributed by atoms with Gasteiger partial charge in [-0.05, 0) is 38.9 Å². The van der Waals surface area contributed by atoms with E-state index in [0.717, 1.165) is 37.9 Å². The summed E-state index contributed by atoms with van der Waals surface area (Å²) in [5.74, 6) is 0.702. The van der Waals surface area contributed by atoms with Crippen molar-refractivity contribution >= 4 is 0 Å². The molecule has 1 aliphatic rings. The van der Waals surface area contributed by atoms with Crippen molar-refractivity contribution < 1.29 is 9.84 Å². The normalized spacial score (nSPS) is 26.5. The van der Waals surface area contributed by atoms with E-state index in [1.807, 2.05) is 6.07 Å². The summed E-state index contributed by atoms with van der Waals surface area (Å²) in [7, 11) is 3.71. The second-order valence-corrected chi connectivity index (χ2v) is 4.80. The molecule has 0 amide bonds. The molecule has 1 N–H and O–H groups in total. The van der Waals surface area contributed by atoms with Crippen LogP contribution in [0.4, 0.5) is 0 Å². The number of aromatic nitrogens is 1. The van der Waals surface area contributed by atoms with E-state index in [1.165, 1.54) is 0 Å². The van der Waals surface area contributed by atoms with Crippen molar-refractivity contribution in [1.29, 1.82) is 0 Å². The minimum absolute atomic E-state index is 0.702. The first-order chi connectivity index (χ1) is 8.14. The number of hydrogen-bond donors (Lipinski definition) is 1. The average Bonchev–Trinajstić information content (AvgIpc) is 2.53. The molecule has 1 aromatic heterocycles. The fourth-order valence-electron chi connectivity index (χ4n) is 2.33. The maximum atomic E-state index is 10.7. The molecule has 0 spiro atoms. The van der Waals surface area contributed by atoms with Crippen molar-refractivity contribution in [2.24, 2.45) is 0 Å². The van der Waals surface area contributed by atoms with Crippen LogP contribution in [-0.4, -0.2) is 42.2 Å². The van der Waals surface area contributed by atoms with Crippen LogP contribution in [0.1, 0.15) is 24.8 Å². The zero-order chi connectivity index (χ0) is 12.3. The standard InChI is InChI=1S/C13H20N2O2/c1-15-6-3-4-13(16,5-7-15)11-8-12(17-2)10-14-9-11/h8-10,16H,3-7H2,1-2H3. The molecule has 2 heterocycles. The number of nitrogens with zero attached hydrogens (tertiary/aromatic N) is 2. The van der Waals surface area contributed by atoms with Crippen molar-refractivity contribution in [3.05, 3.63) is 24.0 Å². The fourth-order valence-corrected chi connectivity index (χ4v) is 2.33. The summed E-state index contributed by atoms with van der Waals surface area (Å²) in [4.78, 5) is 6.38. The Morgan fingerprint density at radius 3 is 2.94 bits per heavy atom. The van der Waals surface area contributed by atoms with Crippen LogP contribution in [0.5, 0.6) is 5.75 Å². The maximum absolute atomic E-state index is 10.7. The van der Waals surface area contributed by atoms with Crippen molar-refractivity contribution in [2.75, 3.05) is 27.2 Å². The Morgan fingerprint density at radius 1 is 1.35 bits per heavy atom. The quantitative estimate of drug-likeness (QED) is 0.843. The number of aliphatic hydroxyl groups is 1. The van der Waals surface area contributed by atoms with E-state index in [2.05, 4.69) is 16.9 Å². The van der Waals surface area contributed by atoms with Gasteiger partial charge in [-0.1, -0.05) is 0 Å². The third-order valence-corrected chi connectivity index (χ3v) is 3.52. The molecular formula is C13H20N2O2. The van der Waals surface area contributed by atoms with Crippen LogP contribution in [0.15, 0.2) is 18.5 Å². The molecular weight excluding hydrogens is 216 g/mol. The minimum Gasteiger partial charge on any atom is -0.495 e. The molecule has 1 saturated heterocycles. The SMILES string of the molecule is COc1cncc(C2(O)CCCN(C)CC2)c1. The predicted octanol–water partition coefficient (Wildman–Crippen LogP) is 1.39. The molecule has 1 unspecified atom stereocenters. The Morgan fingerprint density at radius 2 is 2.18 bits per heavy atom. The predicted molar refractivity (Wildman–Crippen MR) is 66.0 cm³/mol. The molecule has 1 aliphatic heterocycles. The van der Waals surface area contributed by atoms with Gasteiger partial charge in [0, 0.05) is 18.3 Å². The highest BCUT2D eigenvalue weighted by atomic mass is 16.5. The second kappa shape index (κ2) is 5.02. The lowest BCUT2D eigenvalue weighted by molar-refractivity contribution is 0.0213. The number of hydrogen-bond acceptors (Lipinski definition) is 4. The molecule has 4 heteroatoms. The van der Waals surface area contributed by atoms with Crippen LogP contribution < -0.4 is 4.74 Å². The summed E-state index contributed by atoms with van der Waals surface area (Å²) in [5.41, 5.74) is 0.110. The number of ether oxygens (including phenoxy) is 1. The molecule has 4 nitrogen and oxygen atoms in total. The Hall–Kier alpha value is -1.13. The van der Waals surface area contributed by atoms with E-state index in [1.54, 1.807) is 19.5 Å². The summed E-state index contributed by atoms with van der Waals surface area (Å²) < 4.78 is 5.16. The van der Waals surface area contributed by atoms with E-state index < -0.39 is 5.60 Å². The van der Waals surface area contributed by atoms with Gasteiger partial charge in [-0.15, -0.1) is 0 Å². The average molecular weight is 236 g/mol. The van der Waals surface area contributed by atoms with E-state index in [-0.39, 0.29) is 0 Å². The third-order valence-electron chi connectivity index (χ3n) is 3.52. The molecule has 1 aromatic rings. The largest absolute Gasteiger partial charge is 0.495 e. The fraction of sp³-hybridized carbons (Fsp3) is 0.615. The van der Waals surface area contributed by atoms with Gasteiger partial charge in [0.2, 0.25) is 0 Å². The van der Waals surface area contributed by atoms with Crippen LogP contribution in [0.2, 0.25) is 0 Å². The molecule has 2 rings (SSSR count). The number of likely N-dealkylation sites (tertiary alicyclic amines) is 1. The van der Waals surface area contributed by atoms with Gasteiger partial charge in [-0.3, -0.25) is 4.98 Å². The summed E-state index contributed by atoms with van der Waals surface area (Å²) in [6, 6.07) is 1.89. The highest BCUT2D eigenvalue weighted by molar-refractivity contribution is 5.28. The smallest absolute Gasteiger partial charge is 0.137 e. The monoisotopic (exact) mass is 236 g/mol. The molecule has 17 heavy (non-hydrogen) atoms. The highest BCUT2D eigenvalue weighted by Gasteiger charge is 2.31. The third kappa shape index (κ3) is 2.76. The summed E-state index contributed by atoms with van der Waals surface area (Å²) in [6.07, 6.45) is 5.94. The number of methoxy groups -OCH3 is 1. The van der Waals surface area contributed by atoms with Crippen LogP contribution >= 0.6 is 0 Å². The Labute approximate surface area is 102 Å². The summed E-state index contributed by atoms with van der Waals surface area (Å²) in [5, 5.41) is 10.7.